The van der Waals surface area contributed by atoms with Gasteiger partial charge in [-0.1, -0.05) is 6.92 Å². The Hall–Kier alpha value is -0.120. The first-order valence-electron chi connectivity index (χ1n) is 4.06. The Kier molecular flexibility index (Phi) is 4.58. The first kappa shape index (κ1) is 9.96. The van der Waals surface area contributed by atoms with E-state index in [0.29, 0.717) is 5.88 Å². The molecular formula is C8H13ClN2S. The molecule has 1 heterocycles. The van der Waals surface area contributed by atoms with Crippen molar-refractivity contribution in [3.05, 3.63) is 16.1 Å². The molecule has 1 aromatic heterocycles. The lowest BCUT2D eigenvalue weighted by Gasteiger charge is -1.97. The van der Waals surface area contributed by atoms with Gasteiger partial charge in [0.25, 0.3) is 0 Å². The molecule has 1 N–H and O–H groups in total. The minimum Gasteiger partial charge on any atom is -0.311 e. The Morgan fingerprint density at radius 1 is 1.67 bits per heavy atom. The van der Waals surface area contributed by atoms with Crippen LogP contribution in [0.1, 0.15) is 24.0 Å². The molecule has 0 spiro atoms. The van der Waals surface area contributed by atoms with E-state index in [1.807, 2.05) is 0 Å². The minimum absolute atomic E-state index is 0.526. The largest absolute Gasteiger partial charge is 0.311 e. The van der Waals surface area contributed by atoms with Gasteiger partial charge < -0.3 is 5.32 Å². The molecule has 0 aliphatic carbocycles. The molecule has 0 aliphatic rings. The predicted octanol–water partition coefficient (Wildman–Crippen LogP) is 2.38. The van der Waals surface area contributed by atoms with Gasteiger partial charge in [0.1, 0.15) is 5.01 Å². The smallest absolute Gasteiger partial charge is 0.108 e. The van der Waals surface area contributed by atoms with Crippen molar-refractivity contribution in [3.63, 3.8) is 0 Å². The van der Waals surface area contributed by atoms with E-state index in [2.05, 4.69) is 22.6 Å². The van der Waals surface area contributed by atoms with E-state index < -0.39 is 0 Å². The molecular weight excluding hydrogens is 192 g/mol. The molecule has 0 amide bonds. The Morgan fingerprint density at radius 2 is 2.50 bits per heavy atom. The summed E-state index contributed by atoms with van der Waals surface area (Å²) in [5.41, 5.74) is 1.10. The first-order chi connectivity index (χ1) is 5.86. The summed E-state index contributed by atoms with van der Waals surface area (Å²) >= 11 is 7.25. The van der Waals surface area contributed by atoms with E-state index >= 15 is 0 Å². The van der Waals surface area contributed by atoms with Crippen LogP contribution in [-0.4, -0.2) is 11.5 Å². The number of halogens is 1. The number of hydrogen-bond acceptors (Lipinski definition) is 3. The van der Waals surface area contributed by atoms with Crippen LogP contribution in [0.15, 0.2) is 5.38 Å². The van der Waals surface area contributed by atoms with E-state index in [1.165, 1.54) is 0 Å². The maximum absolute atomic E-state index is 5.63. The summed E-state index contributed by atoms with van der Waals surface area (Å²) in [6, 6.07) is 0. The van der Waals surface area contributed by atoms with Crippen molar-refractivity contribution in [2.45, 2.75) is 25.8 Å². The third-order valence-electron chi connectivity index (χ3n) is 1.45. The highest BCUT2D eigenvalue weighted by Gasteiger charge is 1.98. The zero-order chi connectivity index (χ0) is 8.81. The van der Waals surface area contributed by atoms with Gasteiger partial charge in [0.05, 0.1) is 11.6 Å². The zero-order valence-electron chi connectivity index (χ0n) is 7.14. The number of hydrogen-bond donors (Lipinski definition) is 1. The second kappa shape index (κ2) is 5.51. The van der Waals surface area contributed by atoms with Gasteiger partial charge in [0, 0.05) is 11.9 Å². The van der Waals surface area contributed by atoms with Crippen molar-refractivity contribution in [1.29, 1.82) is 0 Å². The van der Waals surface area contributed by atoms with Crippen LogP contribution in [0.4, 0.5) is 0 Å². The van der Waals surface area contributed by atoms with Gasteiger partial charge in [-0.25, -0.2) is 4.98 Å². The van der Waals surface area contributed by atoms with Gasteiger partial charge in [-0.3, -0.25) is 0 Å². The van der Waals surface area contributed by atoms with Crippen LogP contribution in [0, 0.1) is 0 Å². The second-order valence-electron chi connectivity index (χ2n) is 2.54. The first-order valence-corrected chi connectivity index (χ1v) is 5.48. The quantitative estimate of drug-likeness (QED) is 0.589. The van der Waals surface area contributed by atoms with Gasteiger partial charge in [0.2, 0.25) is 0 Å². The average molecular weight is 205 g/mol. The maximum atomic E-state index is 5.63. The highest BCUT2D eigenvalue weighted by molar-refractivity contribution is 7.09. The molecule has 0 aromatic carbocycles. The molecule has 4 heteroatoms. The number of thiazole rings is 1. The van der Waals surface area contributed by atoms with Crippen LogP contribution in [0.5, 0.6) is 0 Å². The monoisotopic (exact) mass is 204 g/mol. The van der Waals surface area contributed by atoms with Gasteiger partial charge >= 0.3 is 0 Å². The van der Waals surface area contributed by atoms with Crippen molar-refractivity contribution in [2.24, 2.45) is 0 Å². The molecule has 0 bridgehead atoms. The molecule has 1 rings (SSSR count). The molecule has 0 radical (unpaired) electrons. The molecule has 0 aliphatic heterocycles. The van der Waals surface area contributed by atoms with Crippen LogP contribution in [0.2, 0.25) is 0 Å². The summed E-state index contributed by atoms with van der Waals surface area (Å²) in [5.74, 6) is 0.526. The Labute approximate surface area is 82.0 Å². The summed E-state index contributed by atoms with van der Waals surface area (Å²) in [4.78, 5) is 4.32. The lowest BCUT2D eigenvalue weighted by Crippen LogP contribution is -2.13. The van der Waals surface area contributed by atoms with E-state index in [4.69, 9.17) is 11.6 Å². The standard InChI is InChI=1S/C8H13ClN2S/c1-2-3-10-5-7-6-12-8(4-9)11-7/h6,10H,2-5H2,1H3. The number of aromatic nitrogens is 1. The van der Waals surface area contributed by atoms with E-state index in [9.17, 15) is 0 Å². The normalized spacial score (nSPS) is 10.5. The van der Waals surface area contributed by atoms with Gasteiger partial charge in [-0.05, 0) is 13.0 Å². The van der Waals surface area contributed by atoms with Crippen molar-refractivity contribution < 1.29 is 0 Å². The highest BCUT2D eigenvalue weighted by atomic mass is 35.5. The second-order valence-corrected chi connectivity index (χ2v) is 3.75. The predicted molar refractivity (Wildman–Crippen MR) is 53.7 cm³/mol. The van der Waals surface area contributed by atoms with Crippen LogP contribution >= 0.6 is 22.9 Å². The number of nitrogens with one attached hydrogen (secondary N) is 1. The number of alkyl halides is 1. The lowest BCUT2D eigenvalue weighted by atomic mass is 10.4. The van der Waals surface area contributed by atoms with Crippen molar-refractivity contribution >= 4 is 22.9 Å². The molecule has 0 atom stereocenters. The Bertz CT molecular complexity index is 225. The minimum atomic E-state index is 0.526. The zero-order valence-corrected chi connectivity index (χ0v) is 8.71. The van der Waals surface area contributed by atoms with Crippen LogP contribution < -0.4 is 5.32 Å². The third-order valence-corrected chi connectivity index (χ3v) is 2.76. The number of nitrogens with zero attached hydrogens (tertiary/aromatic N) is 1. The van der Waals surface area contributed by atoms with Crippen molar-refractivity contribution in [1.82, 2.24) is 10.3 Å². The summed E-state index contributed by atoms with van der Waals surface area (Å²) in [6.45, 7) is 4.06. The highest BCUT2D eigenvalue weighted by Crippen LogP contribution is 2.11. The third kappa shape index (κ3) is 3.09. The van der Waals surface area contributed by atoms with E-state index in [-0.39, 0.29) is 0 Å². The maximum Gasteiger partial charge on any atom is 0.108 e. The molecule has 0 saturated heterocycles. The molecule has 0 fully saturated rings. The molecule has 0 saturated carbocycles. The SMILES string of the molecule is CCCNCc1csc(CCl)n1. The van der Waals surface area contributed by atoms with Gasteiger partial charge in [-0.2, -0.15) is 0 Å². The van der Waals surface area contributed by atoms with Gasteiger partial charge in [-0.15, -0.1) is 22.9 Å². The van der Waals surface area contributed by atoms with Gasteiger partial charge in [0.15, 0.2) is 0 Å². The van der Waals surface area contributed by atoms with E-state index in [0.717, 1.165) is 30.2 Å². The van der Waals surface area contributed by atoms with Crippen LogP contribution in [0.25, 0.3) is 0 Å². The number of rotatable bonds is 5. The summed E-state index contributed by atoms with van der Waals surface area (Å²) in [6.07, 6.45) is 1.16. The molecule has 1 aromatic rings. The average Bonchev–Trinajstić information content (AvgIpc) is 2.53. The summed E-state index contributed by atoms with van der Waals surface area (Å²) in [5, 5.41) is 6.35. The topological polar surface area (TPSA) is 24.9 Å². The Balaban J connectivity index is 2.31. The molecule has 0 unspecified atom stereocenters. The van der Waals surface area contributed by atoms with Crippen LogP contribution in [0.3, 0.4) is 0 Å². The lowest BCUT2D eigenvalue weighted by molar-refractivity contribution is 0.666. The fourth-order valence-corrected chi connectivity index (χ4v) is 1.77. The van der Waals surface area contributed by atoms with Crippen molar-refractivity contribution in [2.75, 3.05) is 6.54 Å². The summed E-state index contributed by atoms with van der Waals surface area (Å²) < 4.78 is 0. The Morgan fingerprint density at radius 3 is 3.08 bits per heavy atom. The van der Waals surface area contributed by atoms with Crippen LogP contribution in [-0.2, 0) is 12.4 Å². The van der Waals surface area contributed by atoms with Crippen molar-refractivity contribution in [3.8, 4) is 0 Å². The summed E-state index contributed by atoms with van der Waals surface area (Å²) in [7, 11) is 0. The molecule has 68 valence electrons. The molecule has 12 heavy (non-hydrogen) atoms. The fraction of sp³-hybridized carbons (Fsp3) is 0.625. The fourth-order valence-electron chi connectivity index (χ4n) is 0.885. The molecule has 2 nitrogen and oxygen atoms in total. The van der Waals surface area contributed by atoms with E-state index in [1.54, 1.807) is 11.3 Å².